The summed E-state index contributed by atoms with van der Waals surface area (Å²) in [5, 5.41) is 3.11. The van der Waals surface area contributed by atoms with E-state index in [0.29, 0.717) is 11.3 Å². The van der Waals surface area contributed by atoms with Crippen LogP contribution in [0.4, 0.5) is 0 Å². The Labute approximate surface area is 138 Å². The van der Waals surface area contributed by atoms with Crippen molar-refractivity contribution in [3.63, 3.8) is 0 Å². The number of aryl methyl sites for hydroxylation is 1. The lowest BCUT2D eigenvalue weighted by Gasteiger charge is -2.19. The van der Waals surface area contributed by atoms with Crippen molar-refractivity contribution in [1.29, 1.82) is 0 Å². The van der Waals surface area contributed by atoms with Crippen molar-refractivity contribution in [3.8, 4) is 5.75 Å². The zero-order valence-corrected chi connectivity index (χ0v) is 14.3. The molecule has 1 N–H and O–H groups in total. The quantitative estimate of drug-likeness (QED) is 0.842. The van der Waals surface area contributed by atoms with Gasteiger partial charge in [0.15, 0.2) is 0 Å². The Bertz CT molecular complexity index is 647. The van der Waals surface area contributed by atoms with Crippen LogP contribution < -0.4 is 10.1 Å². The summed E-state index contributed by atoms with van der Waals surface area (Å²) in [6.07, 6.45) is 0.866. The molecular formula is C20H25NO2. The summed E-state index contributed by atoms with van der Waals surface area (Å²) in [7, 11) is 0. The van der Waals surface area contributed by atoms with Gasteiger partial charge in [0.05, 0.1) is 17.7 Å². The van der Waals surface area contributed by atoms with Crippen LogP contribution in [0.2, 0.25) is 0 Å². The largest absolute Gasteiger partial charge is 0.490 e. The topological polar surface area (TPSA) is 38.3 Å². The van der Waals surface area contributed by atoms with E-state index in [9.17, 15) is 4.79 Å². The van der Waals surface area contributed by atoms with E-state index < -0.39 is 0 Å². The highest BCUT2D eigenvalue weighted by Gasteiger charge is 2.17. The molecule has 1 unspecified atom stereocenters. The van der Waals surface area contributed by atoms with Gasteiger partial charge in [0, 0.05) is 0 Å². The third-order valence-electron chi connectivity index (χ3n) is 3.69. The van der Waals surface area contributed by atoms with Crippen LogP contribution in [0.25, 0.3) is 0 Å². The minimum Gasteiger partial charge on any atom is -0.490 e. The molecule has 0 aromatic heterocycles. The molecule has 122 valence electrons. The molecule has 0 heterocycles. The first-order valence-corrected chi connectivity index (χ1v) is 8.14. The van der Waals surface area contributed by atoms with Crippen LogP contribution in [0.5, 0.6) is 5.75 Å². The van der Waals surface area contributed by atoms with Crippen LogP contribution in [0.15, 0.2) is 48.5 Å². The average molecular weight is 311 g/mol. The number of hydrogen-bond donors (Lipinski definition) is 1. The van der Waals surface area contributed by atoms with Gasteiger partial charge in [-0.2, -0.15) is 0 Å². The Morgan fingerprint density at radius 3 is 2.35 bits per heavy atom. The lowest BCUT2D eigenvalue weighted by molar-refractivity contribution is 0.0929. The fourth-order valence-corrected chi connectivity index (χ4v) is 2.47. The summed E-state index contributed by atoms with van der Waals surface area (Å²) >= 11 is 0. The van der Waals surface area contributed by atoms with Crippen LogP contribution in [-0.4, -0.2) is 12.0 Å². The molecule has 2 rings (SSSR count). The zero-order chi connectivity index (χ0) is 16.8. The summed E-state index contributed by atoms with van der Waals surface area (Å²) in [6.45, 7) is 8.04. The molecular weight excluding hydrogens is 286 g/mol. The summed E-state index contributed by atoms with van der Waals surface area (Å²) in [6, 6.07) is 15.6. The predicted octanol–water partition coefficient (Wildman–Crippen LogP) is 4.66. The van der Waals surface area contributed by atoms with Crippen LogP contribution in [0, 0.1) is 6.92 Å². The van der Waals surface area contributed by atoms with E-state index in [1.807, 2.05) is 32.0 Å². The second kappa shape index (κ2) is 7.82. The van der Waals surface area contributed by atoms with Crippen LogP contribution in [0.1, 0.15) is 54.7 Å². The maximum absolute atomic E-state index is 12.7. The van der Waals surface area contributed by atoms with Crippen molar-refractivity contribution in [3.05, 3.63) is 65.2 Å². The summed E-state index contributed by atoms with van der Waals surface area (Å²) in [4.78, 5) is 12.7. The Morgan fingerprint density at radius 1 is 1.09 bits per heavy atom. The second-order valence-corrected chi connectivity index (χ2v) is 6.01. The highest BCUT2D eigenvalue weighted by molar-refractivity contribution is 5.97. The Morgan fingerprint density at radius 2 is 1.74 bits per heavy atom. The van der Waals surface area contributed by atoms with E-state index in [0.717, 1.165) is 12.0 Å². The first-order chi connectivity index (χ1) is 11.0. The Kier molecular flexibility index (Phi) is 5.80. The molecule has 2 aromatic rings. The van der Waals surface area contributed by atoms with Crippen molar-refractivity contribution in [2.75, 3.05) is 0 Å². The van der Waals surface area contributed by atoms with Crippen LogP contribution in [-0.2, 0) is 0 Å². The van der Waals surface area contributed by atoms with Crippen molar-refractivity contribution in [2.24, 2.45) is 0 Å². The highest BCUT2D eigenvalue weighted by atomic mass is 16.5. The molecule has 0 aliphatic rings. The summed E-state index contributed by atoms with van der Waals surface area (Å²) in [5.41, 5.74) is 2.91. The first-order valence-electron chi connectivity index (χ1n) is 8.14. The van der Waals surface area contributed by atoms with Gasteiger partial charge < -0.3 is 10.1 Å². The third-order valence-corrected chi connectivity index (χ3v) is 3.69. The van der Waals surface area contributed by atoms with E-state index in [4.69, 9.17) is 4.74 Å². The SMILES string of the molecule is CCC(NC(=O)c1ccccc1OC(C)C)c1ccc(C)cc1. The number of carbonyl (C=O) groups excluding carboxylic acids is 1. The number of para-hydroxylation sites is 1. The molecule has 1 atom stereocenters. The smallest absolute Gasteiger partial charge is 0.255 e. The number of amides is 1. The van der Waals surface area contributed by atoms with Gasteiger partial charge in [-0.05, 0) is 44.9 Å². The van der Waals surface area contributed by atoms with Crippen molar-refractivity contribution in [1.82, 2.24) is 5.32 Å². The normalized spacial score (nSPS) is 12.0. The van der Waals surface area contributed by atoms with Crippen molar-refractivity contribution in [2.45, 2.75) is 46.3 Å². The molecule has 0 aliphatic carbocycles. The molecule has 2 aromatic carbocycles. The molecule has 3 nitrogen and oxygen atoms in total. The maximum Gasteiger partial charge on any atom is 0.255 e. The van der Waals surface area contributed by atoms with E-state index in [1.165, 1.54) is 5.56 Å². The lowest BCUT2D eigenvalue weighted by atomic mass is 10.0. The average Bonchev–Trinajstić information content (AvgIpc) is 2.53. The molecule has 0 spiro atoms. The number of ether oxygens (including phenoxy) is 1. The highest BCUT2D eigenvalue weighted by Crippen LogP contribution is 2.22. The summed E-state index contributed by atoms with van der Waals surface area (Å²) < 4.78 is 5.74. The lowest BCUT2D eigenvalue weighted by Crippen LogP contribution is -2.28. The number of rotatable bonds is 6. The first kappa shape index (κ1) is 17.1. The van der Waals surface area contributed by atoms with E-state index in [2.05, 4.69) is 43.4 Å². The predicted molar refractivity (Wildman–Crippen MR) is 93.9 cm³/mol. The summed E-state index contributed by atoms with van der Waals surface area (Å²) in [5.74, 6) is 0.521. The van der Waals surface area contributed by atoms with Gasteiger partial charge in [-0.3, -0.25) is 4.79 Å². The second-order valence-electron chi connectivity index (χ2n) is 6.01. The Hall–Kier alpha value is -2.29. The van der Waals surface area contributed by atoms with E-state index >= 15 is 0 Å². The Balaban J connectivity index is 2.18. The van der Waals surface area contributed by atoms with Crippen molar-refractivity contribution >= 4 is 5.91 Å². The van der Waals surface area contributed by atoms with Gasteiger partial charge in [0.1, 0.15) is 5.75 Å². The zero-order valence-electron chi connectivity index (χ0n) is 14.3. The maximum atomic E-state index is 12.7. The molecule has 0 bridgehead atoms. The monoisotopic (exact) mass is 311 g/mol. The van der Waals surface area contributed by atoms with Crippen LogP contribution >= 0.6 is 0 Å². The van der Waals surface area contributed by atoms with Gasteiger partial charge in [0.2, 0.25) is 0 Å². The van der Waals surface area contributed by atoms with E-state index in [-0.39, 0.29) is 18.1 Å². The molecule has 23 heavy (non-hydrogen) atoms. The molecule has 0 radical (unpaired) electrons. The number of nitrogens with one attached hydrogen (secondary N) is 1. The van der Waals surface area contributed by atoms with E-state index in [1.54, 1.807) is 6.07 Å². The molecule has 0 saturated carbocycles. The van der Waals surface area contributed by atoms with Crippen LogP contribution in [0.3, 0.4) is 0 Å². The van der Waals surface area contributed by atoms with Gasteiger partial charge in [-0.25, -0.2) is 0 Å². The third kappa shape index (κ3) is 4.59. The van der Waals surface area contributed by atoms with Gasteiger partial charge in [0.25, 0.3) is 5.91 Å². The number of carbonyl (C=O) groups is 1. The van der Waals surface area contributed by atoms with Gasteiger partial charge >= 0.3 is 0 Å². The van der Waals surface area contributed by atoms with Gasteiger partial charge in [-0.15, -0.1) is 0 Å². The molecule has 1 amide bonds. The van der Waals surface area contributed by atoms with Crippen molar-refractivity contribution < 1.29 is 9.53 Å². The van der Waals surface area contributed by atoms with Gasteiger partial charge in [-0.1, -0.05) is 48.9 Å². The minimum absolute atomic E-state index is 0.00444. The fourth-order valence-electron chi connectivity index (χ4n) is 2.47. The molecule has 0 aliphatic heterocycles. The number of hydrogen-bond acceptors (Lipinski definition) is 2. The standard InChI is InChI=1S/C20H25NO2/c1-5-18(16-12-10-15(4)11-13-16)21-20(22)17-8-6-7-9-19(17)23-14(2)3/h6-14,18H,5H2,1-4H3,(H,21,22). The minimum atomic E-state index is -0.103. The molecule has 3 heteroatoms. The fraction of sp³-hybridized carbons (Fsp3) is 0.350. The number of benzene rings is 2. The molecule has 0 fully saturated rings. The molecule has 0 saturated heterocycles.